The summed E-state index contributed by atoms with van der Waals surface area (Å²) in [5, 5.41) is 1.07. The smallest absolute Gasteiger partial charge is 0.181 e. The zero-order valence-electron chi connectivity index (χ0n) is 9.09. The van der Waals surface area contributed by atoms with Crippen molar-refractivity contribution in [3.05, 3.63) is 35.8 Å². The highest BCUT2D eigenvalue weighted by Crippen LogP contribution is 2.28. The van der Waals surface area contributed by atoms with Gasteiger partial charge >= 0.3 is 0 Å². The molecule has 0 atom stereocenters. The molecule has 0 aliphatic heterocycles. The van der Waals surface area contributed by atoms with E-state index in [1.165, 1.54) is 6.39 Å². The number of hydrogen-bond donors (Lipinski definition) is 1. The molecule has 1 aromatic carbocycles. The molecule has 5 heteroatoms. The molecule has 2 aromatic heterocycles. The zero-order chi connectivity index (χ0) is 11.7. The van der Waals surface area contributed by atoms with Gasteiger partial charge in [-0.2, -0.15) is 0 Å². The number of oxazole rings is 1. The predicted molar refractivity (Wildman–Crippen MR) is 67.9 cm³/mol. The number of rotatable bonds is 3. The molecule has 0 saturated heterocycles. The number of thiazole rings is 1. The Morgan fingerprint density at radius 3 is 3.12 bits per heavy atom. The molecular formula is C12H11N3OS. The van der Waals surface area contributed by atoms with Crippen molar-refractivity contribution in [2.75, 3.05) is 6.54 Å². The number of nitrogens with two attached hydrogens (primary N) is 1. The molecule has 0 fully saturated rings. The Labute approximate surface area is 102 Å². The minimum absolute atomic E-state index is 0.633. The van der Waals surface area contributed by atoms with E-state index in [0.717, 1.165) is 33.0 Å². The first-order valence-electron chi connectivity index (χ1n) is 5.35. The predicted octanol–water partition coefficient (Wildman–Crippen LogP) is 2.45. The molecule has 3 aromatic rings. The first-order chi connectivity index (χ1) is 8.36. The minimum Gasteiger partial charge on any atom is -0.443 e. The normalized spacial score (nSPS) is 11.1. The summed E-state index contributed by atoms with van der Waals surface area (Å²) >= 11 is 1.67. The van der Waals surface area contributed by atoms with Crippen LogP contribution < -0.4 is 5.73 Å². The largest absolute Gasteiger partial charge is 0.443 e. The molecule has 0 spiro atoms. The van der Waals surface area contributed by atoms with Gasteiger partial charge in [-0.25, -0.2) is 9.97 Å². The van der Waals surface area contributed by atoms with E-state index in [0.29, 0.717) is 6.54 Å². The van der Waals surface area contributed by atoms with Crippen molar-refractivity contribution in [2.45, 2.75) is 6.42 Å². The van der Waals surface area contributed by atoms with E-state index in [1.807, 2.05) is 24.4 Å². The van der Waals surface area contributed by atoms with Crippen molar-refractivity contribution in [3.63, 3.8) is 0 Å². The van der Waals surface area contributed by atoms with Crippen LogP contribution in [0.1, 0.15) is 5.01 Å². The number of benzene rings is 1. The average molecular weight is 245 g/mol. The third-order valence-corrected chi connectivity index (χ3v) is 3.63. The van der Waals surface area contributed by atoms with Gasteiger partial charge in [0, 0.05) is 12.6 Å². The molecule has 0 amide bonds. The third-order valence-electron chi connectivity index (χ3n) is 2.53. The van der Waals surface area contributed by atoms with Crippen molar-refractivity contribution in [3.8, 4) is 10.4 Å². The summed E-state index contributed by atoms with van der Waals surface area (Å²) in [4.78, 5) is 9.57. The second-order valence-corrected chi connectivity index (χ2v) is 4.81. The molecule has 2 N–H and O–H groups in total. The lowest BCUT2D eigenvalue weighted by Gasteiger charge is -1.95. The second-order valence-electron chi connectivity index (χ2n) is 3.69. The van der Waals surface area contributed by atoms with Crippen LogP contribution in [0, 0.1) is 0 Å². The van der Waals surface area contributed by atoms with Gasteiger partial charge in [0.15, 0.2) is 12.0 Å². The van der Waals surface area contributed by atoms with E-state index in [2.05, 4.69) is 9.97 Å². The van der Waals surface area contributed by atoms with Crippen LogP contribution in [0.15, 0.2) is 35.2 Å². The standard InChI is InChI=1S/C12H11N3OS/c13-4-3-12-14-6-11(17-12)8-1-2-9-10(5-8)16-7-15-9/h1-2,5-7H,3-4,13H2. The van der Waals surface area contributed by atoms with E-state index >= 15 is 0 Å². The van der Waals surface area contributed by atoms with Crippen molar-refractivity contribution in [2.24, 2.45) is 5.73 Å². The van der Waals surface area contributed by atoms with Crippen LogP contribution in [0.5, 0.6) is 0 Å². The van der Waals surface area contributed by atoms with E-state index in [4.69, 9.17) is 10.2 Å². The summed E-state index contributed by atoms with van der Waals surface area (Å²) in [6.45, 7) is 0.633. The third kappa shape index (κ3) is 1.94. The first kappa shape index (κ1) is 10.4. The summed E-state index contributed by atoms with van der Waals surface area (Å²) in [5.74, 6) is 0. The molecule has 17 heavy (non-hydrogen) atoms. The van der Waals surface area contributed by atoms with Crippen LogP contribution in [0.25, 0.3) is 21.5 Å². The van der Waals surface area contributed by atoms with E-state index < -0.39 is 0 Å². The fourth-order valence-corrected chi connectivity index (χ4v) is 2.62. The van der Waals surface area contributed by atoms with Gasteiger partial charge < -0.3 is 10.2 Å². The molecule has 0 aliphatic rings. The van der Waals surface area contributed by atoms with E-state index in [9.17, 15) is 0 Å². The van der Waals surface area contributed by atoms with Crippen LogP contribution in [0.3, 0.4) is 0 Å². The first-order valence-corrected chi connectivity index (χ1v) is 6.17. The Hall–Kier alpha value is -1.72. The van der Waals surface area contributed by atoms with Crippen LogP contribution in [-0.2, 0) is 6.42 Å². The van der Waals surface area contributed by atoms with E-state index in [-0.39, 0.29) is 0 Å². The van der Waals surface area contributed by atoms with Gasteiger partial charge in [0.1, 0.15) is 5.52 Å². The van der Waals surface area contributed by atoms with Crippen LogP contribution in [-0.4, -0.2) is 16.5 Å². The fraction of sp³-hybridized carbons (Fsp3) is 0.167. The monoisotopic (exact) mass is 245 g/mol. The summed E-state index contributed by atoms with van der Waals surface area (Å²) in [6, 6.07) is 5.98. The molecule has 4 nitrogen and oxygen atoms in total. The highest BCUT2D eigenvalue weighted by Gasteiger charge is 2.06. The van der Waals surface area contributed by atoms with Gasteiger partial charge in [0.25, 0.3) is 0 Å². The van der Waals surface area contributed by atoms with Gasteiger partial charge in [-0.3, -0.25) is 0 Å². The van der Waals surface area contributed by atoms with Crippen molar-refractivity contribution < 1.29 is 4.42 Å². The molecule has 0 unspecified atom stereocenters. The van der Waals surface area contributed by atoms with Crippen LogP contribution in [0.4, 0.5) is 0 Å². The second kappa shape index (κ2) is 4.27. The Morgan fingerprint density at radius 2 is 2.24 bits per heavy atom. The molecule has 3 rings (SSSR count). The zero-order valence-corrected chi connectivity index (χ0v) is 9.91. The SMILES string of the molecule is NCCc1ncc(-c2ccc3ncoc3c2)s1. The maximum Gasteiger partial charge on any atom is 0.181 e. The Balaban J connectivity index is 2.00. The lowest BCUT2D eigenvalue weighted by molar-refractivity contribution is 0.602. The maximum atomic E-state index is 5.51. The van der Waals surface area contributed by atoms with Gasteiger partial charge in [-0.1, -0.05) is 6.07 Å². The summed E-state index contributed by atoms with van der Waals surface area (Å²) in [6.07, 6.45) is 4.17. The number of nitrogens with zero attached hydrogens (tertiary/aromatic N) is 2. The van der Waals surface area contributed by atoms with Crippen molar-refractivity contribution >= 4 is 22.4 Å². The highest BCUT2D eigenvalue weighted by atomic mass is 32.1. The molecule has 86 valence electrons. The maximum absolute atomic E-state index is 5.51. The topological polar surface area (TPSA) is 64.9 Å². The molecule has 0 bridgehead atoms. The number of hydrogen-bond acceptors (Lipinski definition) is 5. The molecule has 2 heterocycles. The summed E-state index contributed by atoms with van der Waals surface area (Å²) in [5.41, 5.74) is 8.30. The quantitative estimate of drug-likeness (QED) is 0.769. The molecule has 0 saturated carbocycles. The average Bonchev–Trinajstić information content (AvgIpc) is 2.96. The lowest BCUT2D eigenvalue weighted by atomic mass is 10.2. The Kier molecular flexibility index (Phi) is 2.62. The lowest BCUT2D eigenvalue weighted by Crippen LogP contribution is -2.01. The van der Waals surface area contributed by atoms with E-state index in [1.54, 1.807) is 11.3 Å². The summed E-state index contributed by atoms with van der Waals surface area (Å²) < 4.78 is 5.29. The van der Waals surface area contributed by atoms with Crippen LogP contribution >= 0.6 is 11.3 Å². The number of fused-ring (bicyclic) bond motifs is 1. The van der Waals surface area contributed by atoms with Gasteiger partial charge in [-0.15, -0.1) is 11.3 Å². The molecular weight excluding hydrogens is 234 g/mol. The fourth-order valence-electron chi connectivity index (χ4n) is 1.69. The van der Waals surface area contributed by atoms with Crippen molar-refractivity contribution in [1.82, 2.24) is 9.97 Å². The number of aromatic nitrogens is 2. The Morgan fingerprint density at radius 1 is 1.29 bits per heavy atom. The minimum atomic E-state index is 0.633. The summed E-state index contributed by atoms with van der Waals surface area (Å²) in [7, 11) is 0. The highest BCUT2D eigenvalue weighted by molar-refractivity contribution is 7.15. The molecule has 0 radical (unpaired) electrons. The molecule has 0 aliphatic carbocycles. The van der Waals surface area contributed by atoms with Gasteiger partial charge in [0.2, 0.25) is 0 Å². The van der Waals surface area contributed by atoms with Gasteiger partial charge in [-0.05, 0) is 24.2 Å². The van der Waals surface area contributed by atoms with Crippen molar-refractivity contribution in [1.29, 1.82) is 0 Å². The van der Waals surface area contributed by atoms with Gasteiger partial charge in [0.05, 0.1) is 9.88 Å². The van der Waals surface area contributed by atoms with Crippen LogP contribution in [0.2, 0.25) is 0 Å². The Bertz CT molecular complexity index is 644.